The number of rotatable bonds is 4. The van der Waals surface area contributed by atoms with Crippen molar-refractivity contribution in [3.63, 3.8) is 0 Å². The Morgan fingerprint density at radius 3 is 2.88 bits per heavy atom. The summed E-state index contributed by atoms with van der Waals surface area (Å²) in [4.78, 5) is 15.5. The largest absolute Gasteiger partial charge is 0.444 e. The molecule has 0 aromatic heterocycles. The fourth-order valence-corrected chi connectivity index (χ4v) is 1.37. The lowest BCUT2D eigenvalue weighted by Crippen LogP contribution is -2.33. The molecule has 0 fully saturated rings. The van der Waals surface area contributed by atoms with E-state index in [1.165, 1.54) is 0 Å². The third-order valence-electron chi connectivity index (χ3n) is 2.00. The molecule has 0 radical (unpaired) electrons. The summed E-state index contributed by atoms with van der Waals surface area (Å²) in [5.41, 5.74) is -0.429. The second kappa shape index (κ2) is 5.72. The van der Waals surface area contributed by atoms with Gasteiger partial charge in [0.1, 0.15) is 5.60 Å². The SMILES string of the molecule is CC(C)(C)OC(=O)NCCCC1=NCCN1. The molecule has 5 nitrogen and oxygen atoms in total. The summed E-state index contributed by atoms with van der Waals surface area (Å²) < 4.78 is 5.11. The maximum atomic E-state index is 11.3. The highest BCUT2D eigenvalue weighted by Gasteiger charge is 2.15. The Morgan fingerprint density at radius 1 is 1.56 bits per heavy atom. The first-order valence-electron chi connectivity index (χ1n) is 5.71. The summed E-state index contributed by atoms with van der Waals surface area (Å²) in [7, 11) is 0. The van der Waals surface area contributed by atoms with Crippen LogP contribution in [0.2, 0.25) is 0 Å². The Bertz CT molecular complexity index is 269. The monoisotopic (exact) mass is 227 g/mol. The van der Waals surface area contributed by atoms with Gasteiger partial charge in [-0.1, -0.05) is 0 Å². The van der Waals surface area contributed by atoms with Gasteiger partial charge in [0.15, 0.2) is 0 Å². The molecule has 0 unspecified atom stereocenters. The molecule has 0 saturated carbocycles. The molecule has 1 aliphatic rings. The standard InChI is InChI=1S/C11H21N3O2/c1-11(2,3)16-10(15)14-6-4-5-9-12-7-8-13-9/h4-8H2,1-3H3,(H,12,13)(H,14,15). The van der Waals surface area contributed by atoms with Crippen LogP contribution < -0.4 is 10.6 Å². The normalized spacial score (nSPS) is 15.3. The molecule has 0 atom stereocenters. The van der Waals surface area contributed by atoms with Gasteiger partial charge in [-0.05, 0) is 27.2 Å². The van der Waals surface area contributed by atoms with Crippen LogP contribution in [0.25, 0.3) is 0 Å². The molecule has 0 aromatic rings. The molecule has 0 aliphatic carbocycles. The van der Waals surface area contributed by atoms with Gasteiger partial charge in [0, 0.05) is 19.5 Å². The smallest absolute Gasteiger partial charge is 0.407 e. The minimum Gasteiger partial charge on any atom is -0.444 e. The summed E-state index contributed by atoms with van der Waals surface area (Å²) in [6.07, 6.45) is 1.41. The molecule has 92 valence electrons. The summed E-state index contributed by atoms with van der Waals surface area (Å²) in [6.45, 7) is 7.98. The minimum absolute atomic E-state index is 0.353. The van der Waals surface area contributed by atoms with Crippen LogP contribution in [-0.4, -0.2) is 37.2 Å². The number of alkyl carbamates (subject to hydrolysis) is 1. The van der Waals surface area contributed by atoms with E-state index >= 15 is 0 Å². The van der Waals surface area contributed by atoms with E-state index in [-0.39, 0.29) is 6.09 Å². The lowest BCUT2D eigenvalue weighted by atomic mass is 10.2. The third kappa shape index (κ3) is 5.58. The van der Waals surface area contributed by atoms with E-state index in [1.807, 2.05) is 20.8 Å². The van der Waals surface area contributed by atoms with E-state index in [1.54, 1.807) is 0 Å². The van der Waals surface area contributed by atoms with Gasteiger partial charge in [-0.25, -0.2) is 4.79 Å². The number of hydrogen-bond acceptors (Lipinski definition) is 4. The Hall–Kier alpha value is -1.26. The molecule has 5 heteroatoms. The lowest BCUT2D eigenvalue weighted by molar-refractivity contribution is 0.0527. The Labute approximate surface area is 96.7 Å². The molecule has 0 aromatic carbocycles. The molecule has 1 rings (SSSR count). The average Bonchev–Trinajstić information content (AvgIpc) is 2.62. The number of amidine groups is 1. The second-order valence-corrected chi connectivity index (χ2v) is 4.79. The van der Waals surface area contributed by atoms with Crippen molar-refractivity contribution >= 4 is 11.9 Å². The highest BCUT2D eigenvalue weighted by molar-refractivity contribution is 5.83. The average molecular weight is 227 g/mol. The molecule has 1 aliphatic heterocycles. The van der Waals surface area contributed by atoms with Gasteiger partial charge in [0.25, 0.3) is 0 Å². The number of amides is 1. The van der Waals surface area contributed by atoms with Crippen molar-refractivity contribution < 1.29 is 9.53 Å². The summed E-state index contributed by atoms with van der Waals surface area (Å²) in [5.74, 6) is 1.05. The van der Waals surface area contributed by atoms with Crippen LogP contribution in [0, 0.1) is 0 Å². The minimum atomic E-state index is -0.429. The topological polar surface area (TPSA) is 62.7 Å². The van der Waals surface area contributed by atoms with Crippen LogP contribution in [0.15, 0.2) is 4.99 Å². The maximum Gasteiger partial charge on any atom is 0.407 e. The number of carbonyl (C=O) groups is 1. The first kappa shape index (κ1) is 12.8. The fraction of sp³-hybridized carbons (Fsp3) is 0.818. The highest BCUT2D eigenvalue weighted by Crippen LogP contribution is 2.06. The number of hydrogen-bond donors (Lipinski definition) is 2. The number of carbonyl (C=O) groups excluding carboxylic acids is 1. The predicted molar refractivity (Wildman–Crippen MR) is 63.8 cm³/mol. The van der Waals surface area contributed by atoms with Crippen molar-refractivity contribution in [1.29, 1.82) is 0 Å². The first-order chi connectivity index (χ1) is 7.47. The quantitative estimate of drug-likeness (QED) is 0.711. The molecule has 2 N–H and O–H groups in total. The zero-order chi connectivity index (χ0) is 12.0. The third-order valence-corrected chi connectivity index (χ3v) is 2.00. The molecule has 0 bridgehead atoms. The summed E-state index contributed by atoms with van der Waals surface area (Å²) >= 11 is 0. The molecule has 1 amide bonds. The zero-order valence-electron chi connectivity index (χ0n) is 10.3. The van der Waals surface area contributed by atoms with Crippen molar-refractivity contribution in [2.75, 3.05) is 19.6 Å². The maximum absolute atomic E-state index is 11.3. The van der Waals surface area contributed by atoms with E-state index in [9.17, 15) is 4.79 Å². The van der Waals surface area contributed by atoms with E-state index < -0.39 is 5.60 Å². The van der Waals surface area contributed by atoms with Crippen LogP contribution in [-0.2, 0) is 4.74 Å². The van der Waals surface area contributed by atoms with Crippen molar-refractivity contribution in [3.05, 3.63) is 0 Å². The van der Waals surface area contributed by atoms with Gasteiger partial charge in [0.2, 0.25) is 0 Å². The van der Waals surface area contributed by atoms with Crippen LogP contribution in [0.4, 0.5) is 4.79 Å². The summed E-state index contributed by atoms with van der Waals surface area (Å²) in [5, 5.41) is 5.91. The van der Waals surface area contributed by atoms with Gasteiger partial charge in [-0.15, -0.1) is 0 Å². The molecule has 0 saturated heterocycles. The Morgan fingerprint density at radius 2 is 2.31 bits per heavy atom. The lowest BCUT2D eigenvalue weighted by Gasteiger charge is -2.19. The number of aliphatic imine (C=N–C) groups is 1. The van der Waals surface area contributed by atoms with Gasteiger partial charge < -0.3 is 15.4 Å². The molecular formula is C11H21N3O2. The zero-order valence-corrected chi connectivity index (χ0v) is 10.3. The molecule has 0 spiro atoms. The number of nitrogens with zero attached hydrogens (tertiary/aromatic N) is 1. The van der Waals surface area contributed by atoms with Crippen molar-refractivity contribution in [1.82, 2.24) is 10.6 Å². The predicted octanol–water partition coefficient (Wildman–Crippen LogP) is 1.29. The van der Waals surface area contributed by atoms with Gasteiger partial charge in [-0.3, -0.25) is 4.99 Å². The number of ether oxygens (including phenoxy) is 1. The van der Waals surface area contributed by atoms with Gasteiger partial charge in [-0.2, -0.15) is 0 Å². The van der Waals surface area contributed by atoms with E-state index in [0.29, 0.717) is 6.54 Å². The fourth-order valence-electron chi connectivity index (χ4n) is 1.37. The summed E-state index contributed by atoms with van der Waals surface area (Å²) in [6, 6.07) is 0. The van der Waals surface area contributed by atoms with Crippen molar-refractivity contribution in [2.24, 2.45) is 4.99 Å². The van der Waals surface area contributed by atoms with Gasteiger partial charge >= 0.3 is 6.09 Å². The highest BCUT2D eigenvalue weighted by atomic mass is 16.6. The van der Waals surface area contributed by atoms with E-state index in [0.717, 1.165) is 31.8 Å². The first-order valence-corrected chi connectivity index (χ1v) is 5.71. The molecule has 16 heavy (non-hydrogen) atoms. The Kier molecular flexibility index (Phi) is 4.58. The van der Waals surface area contributed by atoms with Crippen molar-refractivity contribution in [2.45, 2.75) is 39.2 Å². The number of nitrogens with one attached hydrogen (secondary N) is 2. The van der Waals surface area contributed by atoms with Gasteiger partial charge in [0.05, 0.1) is 12.4 Å². The van der Waals surface area contributed by atoms with Crippen LogP contribution in [0.1, 0.15) is 33.6 Å². The van der Waals surface area contributed by atoms with E-state index in [2.05, 4.69) is 15.6 Å². The Balaban J connectivity index is 2.04. The van der Waals surface area contributed by atoms with Crippen LogP contribution in [0.5, 0.6) is 0 Å². The molecular weight excluding hydrogens is 206 g/mol. The second-order valence-electron chi connectivity index (χ2n) is 4.79. The van der Waals surface area contributed by atoms with Crippen LogP contribution >= 0.6 is 0 Å². The van der Waals surface area contributed by atoms with E-state index in [4.69, 9.17) is 4.74 Å². The molecule has 1 heterocycles. The van der Waals surface area contributed by atoms with Crippen LogP contribution in [0.3, 0.4) is 0 Å². The van der Waals surface area contributed by atoms with Crippen molar-refractivity contribution in [3.8, 4) is 0 Å².